The van der Waals surface area contributed by atoms with Crippen molar-refractivity contribution in [3.8, 4) is 56.7 Å². The third kappa shape index (κ3) is 5.29. The second-order valence-electron chi connectivity index (χ2n) is 14.1. The van der Waals surface area contributed by atoms with Crippen molar-refractivity contribution in [2.75, 3.05) is 0 Å². The van der Waals surface area contributed by atoms with Crippen LogP contribution in [0.1, 0.15) is 0 Å². The van der Waals surface area contributed by atoms with Crippen LogP contribution in [0.5, 0.6) is 0 Å². The summed E-state index contributed by atoms with van der Waals surface area (Å²) >= 11 is 0. The van der Waals surface area contributed by atoms with Gasteiger partial charge in [-0.25, -0.2) is 15.0 Å². The number of nitrogens with zero attached hydrogens (tertiary/aromatic N) is 5. The first kappa shape index (κ1) is 31.9. The van der Waals surface area contributed by atoms with E-state index in [1.165, 1.54) is 5.39 Å². The van der Waals surface area contributed by atoms with Crippen LogP contribution >= 0.6 is 0 Å². The lowest BCUT2D eigenvalue weighted by atomic mass is 10.1. The number of hydrogen-bond acceptors (Lipinski definition) is 3. The van der Waals surface area contributed by atoms with Gasteiger partial charge in [0.2, 0.25) is 5.95 Å². The van der Waals surface area contributed by atoms with Crippen molar-refractivity contribution in [1.82, 2.24) is 24.1 Å². The molecule has 4 aromatic heterocycles. The van der Waals surface area contributed by atoms with Crippen molar-refractivity contribution in [3.05, 3.63) is 200 Å². The van der Waals surface area contributed by atoms with Crippen LogP contribution in [0.4, 0.5) is 0 Å². The predicted octanol–water partition coefficient (Wildman–Crippen LogP) is 12.7. The maximum Gasteiger partial charge on any atom is 0.235 e. The quantitative estimate of drug-likeness (QED) is 0.172. The standard InChI is InChI=1S/C51H33N5/c1-5-17-34(18-6-1)43-29-38(30-44(52-43)35-19-7-2-8-20-35)55-47-27-15-13-25-39(47)41-32-50-42(31-49(41)55)40-26-14-16-28-48(40)56(50)51-53-45(36-21-9-3-10-22-36)33-46(54-51)37-23-11-4-12-24-37/h1-33H. The maximum absolute atomic E-state index is 5.28. The molecule has 5 heteroatoms. The molecular formula is C51H33N5. The molecule has 4 heterocycles. The van der Waals surface area contributed by atoms with E-state index < -0.39 is 0 Å². The van der Waals surface area contributed by atoms with Gasteiger partial charge in [-0.15, -0.1) is 0 Å². The zero-order valence-electron chi connectivity index (χ0n) is 30.3. The summed E-state index contributed by atoms with van der Waals surface area (Å²) < 4.78 is 4.64. The van der Waals surface area contributed by atoms with Gasteiger partial charge in [0, 0.05) is 43.8 Å². The van der Waals surface area contributed by atoms with E-state index in [4.69, 9.17) is 15.0 Å². The fourth-order valence-electron chi connectivity index (χ4n) is 8.13. The Labute approximate surface area is 323 Å². The normalized spacial score (nSPS) is 11.6. The molecule has 0 aliphatic rings. The molecule has 56 heavy (non-hydrogen) atoms. The van der Waals surface area contributed by atoms with Gasteiger partial charge in [0.15, 0.2) is 0 Å². The first-order valence-corrected chi connectivity index (χ1v) is 18.9. The third-order valence-corrected chi connectivity index (χ3v) is 10.7. The van der Waals surface area contributed by atoms with Crippen LogP contribution in [0.2, 0.25) is 0 Å². The summed E-state index contributed by atoms with van der Waals surface area (Å²) in [4.78, 5) is 15.8. The van der Waals surface area contributed by atoms with Gasteiger partial charge in [0.05, 0.1) is 50.5 Å². The highest BCUT2D eigenvalue weighted by atomic mass is 15.2. The highest BCUT2D eigenvalue weighted by molar-refractivity contribution is 6.19. The first-order valence-electron chi connectivity index (χ1n) is 18.9. The van der Waals surface area contributed by atoms with E-state index in [2.05, 4.69) is 185 Å². The summed E-state index contributed by atoms with van der Waals surface area (Å²) in [7, 11) is 0. The van der Waals surface area contributed by atoms with Crippen LogP contribution in [-0.4, -0.2) is 24.1 Å². The second-order valence-corrected chi connectivity index (χ2v) is 14.1. The van der Waals surface area contributed by atoms with Crippen molar-refractivity contribution in [1.29, 1.82) is 0 Å². The minimum absolute atomic E-state index is 0.633. The number of aromatic nitrogens is 5. The fourth-order valence-corrected chi connectivity index (χ4v) is 8.13. The number of fused-ring (bicyclic) bond motifs is 6. The summed E-state index contributed by atoms with van der Waals surface area (Å²) in [5, 5.41) is 4.59. The van der Waals surface area contributed by atoms with Gasteiger partial charge in [0.1, 0.15) is 0 Å². The Hall–Kier alpha value is -7.63. The van der Waals surface area contributed by atoms with E-state index in [0.29, 0.717) is 5.95 Å². The van der Waals surface area contributed by atoms with E-state index in [0.717, 1.165) is 88.9 Å². The SMILES string of the molecule is c1ccc(-c2cc(-n3c4ccccc4c4cc5c(cc43)c3ccccc3n5-c3nc(-c4ccccc4)cc(-c4ccccc4)n3)cc(-c3ccccc3)n2)cc1. The van der Waals surface area contributed by atoms with Crippen molar-refractivity contribution in [2.45, 2.75) is 0 Å². The lowest BCUT2D eigenvalue weighted by molar-refractivity contribution is 0.996. The van der Waals surface area contributed by atoms with E-state index >= 15 is 0 Å². The zero-order chi connectivity index (χ0) is 37.0. The molecule has 0 aliphatic carbocycles. The van der Waals surface area contributed by atoms with E-state index in [-0.39, 0.29) is 0 Å². The molecule has 0 bridgehead atoms. The fraction of sp³-hybridized carbons (Fsp3) is 0. The van der Waals surface area contributed by atoms with Crippen LogP contribution in [0.3, 0.4) is 0 Å². The molecule has 0 radical (unpaired) electrons. The molecule has 0 spiro atoms. The van der Waals surface area contributed by atoms with Crippen molar-refractivity contribution < 1.29 is 0 Å². The lowest BCUT2D eigenvalue weighted by Gasteiger charge is -2.13. The number of pyridine rings is 1. The molecule has 0 aliphatic heterocycles. The zero-order valence-corrected chi connectivity index (χ0v) is 30.3. The summed E-state index contributed by atoms with van der Waals surface area (Å²) in [6.45, 7) is 0. The molecule has 0 fully saturated rings. The van der Waals surface area contributed by atoms with Crippen LogP contribution in [0.15, 0.2) is 200 Å². The van der Waals surface area contributed by atoms with Gasteiger partial charge in [-0.2, -0.15) is 0 Å². The van der Waals surface area contributed by atoms with E-state index in [9.17, 15) is 0 Å². The van der Waals surface area contributed by atoms with E-state index in [1.54, 1.807) is 0 Å². The van der Waals surface area contributed by atoms with Crippen LogP contribution in [-0.2, 0) is 0 Å². The molecule has 262 valence electrons. The van der Waals surface area contributed by atoms with Gasteiger partial charge in [0.25, 0.3) is 0 Å². The smallest absolute Gasteiger partial charge is 0.235 e. The number of hydrogen-bond donors (Lipinski definition) is 0. The average Bonchev–Trinajstić information content (AvgIpc) is 3.78. The molecule has 11 aromatic rings. The van der Waals surface area contributed by atoms with Gasteiger partial charge in [-0.3, -0.25) is 4.57 Å². The monoisotopic (exact) mass is 715 g/mol. The van der Waals surface area contributed by atoms with Gasteiger partial charge < -0.3 is 4.57 Å². The Balaban J connectivity index is 1.21. The Morgan fingerprint density at radius 2 is 0.625 bits per heavy atom. The number of rotatable bonds is 6. The minimum Gasteiger partial charge on any atom is -0.309 e. The van der Waals surface area contributed by atoms with Crippen LogP contribution in [0, 0.1) is 0 Å². The molecular weight excluding hydrogens is 683 g/mol. The highest BCUT2D eigenvalue weighted by Crippen LogP contribution is 2.40. The Morgan fingerprint density at radius 3 is 1.07 bits per heavy atom. The second kappa shape index (κ2) is 13.0. The molecule has 0 unspecified atom stereocenters. The summed E-state index contributed by atoms with van der Waals surface area (Å²) in [6.07, 6.45) is 0. The van der Waals surface area contributed by atoms with E-state index in [1.807, 2.05) is 24.3 Å². The molecule has 0 N–H and O–H groups in total. The predicted molar refractivity (Wildman–Crippen MR) is 230 cm³/mol. The largest absolute Gasteiger partial charge is 0.309 e. The van der Waals surface area contributed by atoms with Crippen molar-refractivity contribution >= 4 is 43.6 Å². The molecule has 0 atom stereocenters. The summed E-state index contributed by atoms with van der Waals surface area (Å²) in [5.41, 5.74) is 13.2. The molecule has 5 nitrogen and oxygen atoms in total. The molecule has 11 rings (SSSR count). The van der Waals surface area contributed by atoms with Crippen LogP contribution < -0.4 is 0 Å². The highest BCUT2D eigenvalue weighted by Gasteiger charge is 2.21. The summed E-state index contributed by atoms with van der Waals surface area (Å²) in [5.74, 6) is 0.633. The Kier molecular flexibility index (Phi) is 7.42. The van der Waals surface area contributed by atoms with Crippen molar-refractivity contribution in [2.24, 2.45) is 0 Å². The number of benzene rings is 7. The molecule has 0 amide bonds. The van der Waals surface area contributed by atoms with Gasteiger partial charge in [-0.05, 0) is 42.5 Å². The maximum atomic E-state index is 5.28. The Bertz CT molecular complexity index is 2890. The first-order chi connectivity index (χ1) is 27.8. The molecule has 0 saturated carbocycles. The topological polar surface area (TPSA) is 48.5 Å². The minimum atomic E-state index is 0.633. The van der Waals surface area contributed by atoms with Gasteiger partial charge in [-0.1, -0.05) is 158 Å². The summed E-state index contributed by atoms with van der Waals surface area (Å²) in [6, 6.07) is 70.1. The number of para-hydroxylation sites is 2. The van der Waals surface area contributed by atoms with Crippen molar-refractivity contribution in [3.63, 3.8) is 0 Å². The lowest BCUT2D eigenvalue weighted by Crippen LogP contribution is -2.04. The average molecular weight is 716 g/mol. The van der Waals surface area contributed by atoms with Crippen LogP contribution in [0.25, 0.3) is 100 Å². The molecule has 0 saturated heterocycles. The molecule has 7 aromatic carbocycles. The Morgan fingerprint density at radius 1 is 0.268 bits per heavy atom. The third-order valence-electron chi connectivity index (χ3n) is 10.7. The van der Waals surface area contributed by atoms with Gasteiger partial charge >= 0.3 is 0 Å².